The molecule has 1 aliphatic heterocycles. The molecule has 0 unspecified atom stereocenters. The van der Waals surface area contributed by atoms with E-state index >= 15 is 0 Å². The van der Waals surface area contributed by atoms with Gasteiger partial charge in [0.15, 0.2) is 11.5 Å². The molecule has 0 spiro atoms. The Balaban J connectivity index is 1.55. The highest BCUT2D eigenvalue weighted by Gasteiger charge is 2.21. The van der Waals surface area contributed by atoms with Crippen LogP contribution < -0.4 is 19.5 Å². The van der Waals surface area contributed by atoms with Crippen LogP contribution in [0.4, 0.5) is 5.69 Å². The van der Waals surface area contributed by atoms with Gasteiger partial charge in [-0.3, -0.25) is 4.79 Å². The van der Waals surface area contributed by atoms with Gasteiger partial charge in [-0.15, -0.1) is 0 Å². The van der Waals surface area contributed by atoms with Crippen LogP contribution in [-0.4, -0.2) is 31.4 Å². The molecule has 1 atom stereocenters. The third-order valence-corrected chi connectivity index (χ3v) is 4.58. The van der Waals surface area contributed by atoms with Crippen molar-refractivity contribution in [2.24, 2.45) is 0 Å². The molecule has 0 saturated carbocycles. The van der Waals surface area contributed by atoms with Crippen molar-refractivity contribution < 1.29 is 23.5 Å². The Bertz CT molecular complexity index is 1030. The van der Waals surface area contributed by atoms with Gasteiger partial charge in [0.2, 0.25) is 0 Å². The molecule has 2 aromatic carbocycles. The van der Waals surface area contributed by atoms with Gasteiger partial charge in [0, 0.05) is 24.1 Å². The minimum absolute atomic E-state index is 0.166. The van der Waals surface area contributed by atoms with Gasteiger partial charge in [0.25, 0.3) is 5.91 Å². The number of ether oxygens (including phenoxy) is 3. The molecule has 7 nitrogen and oxygen atoms in total. The predicted molar refractivity (Wildman–Crippen MR) is 103 cm³/mol. The average Bonchev–Trinajstić information content (AvgIpc) is 3.33. The number of anilines is 1. The van der Waals surface area contributed by atoms with Crippen molar-refractivity contribution >= 4 is 11.6 Å². The molecule has 1 aromatic heterocycles. The molecule has 4 rings (SSSR count). The smallest absolute Gasteiger partial charge is 0.277 e. The van der Waals surface area contributed by atoms with Crippen LogP contribution in [0.25, 0.3) is 11.3 Å². The van der Waals surface area contributed by atoms with E-state index in [9.17, 15) is 4.79 Å². The molecule has 7 heteroatoms. The van der Waals surface area contributed by atoms with Gasteiger partial charge >= 0.3 is 0 Å². The standard InChI is InChI=1S/C21H20N2O5/c1-12-8-14-9-13(4-6-18(14)27-12)20-11-17(23-28-20)21(24)22-16-10-15(25-2)5-7-19(16)26-3/h4-7,9-12H,8H2,1-3H3,(H,22,24)/t12-/m1/s1. The number of hydrogen-bond donors (Lipinski definition) is 1. The fourth-order valence-electron chi connectivity index (χ4n) is 3.19. The summed E-state index contributed by atoms with van der Waals surface area (Å²) >= 11 is 0. The topological polar surface area (TPSA) is 82.8 Å². The number of hydrogen-bond acceptors (Lipinski definition) is 6. The Labute approximate surface area is 162 Å². The molecule has 0 fully saturated rings. The summed E-state index contributed by atoms with van der Waals surface area (Å²) in [5.74, 6) is 2.13. The molecule has 1 aliphatic rings. The van der Waals surface area contributed by atoms with Crippen LogP contribution >= 0.6 is 0 Å². The van der Waals surface area contributed by atoms with E-state index in [2.05, 4.69) is 10.5 Å². The van der Waals surface area contributed by atoms with Crippen LogP contribution in [0.2, 0.25) is 0 Å². The summed E-state index contributed by atoms with van der Waals surface area (Å²) in [5.41, 5.74) is 2.63. The lowest BCUT2D eigenvalue weighted by molar-refractivity contribution is 0.101. The number of nitrogens with one attached hydrogen (secondary N) is 1. The number of nitrogens with zero attached hydrogens (tertiary/aromatic N) is 1. The summed E-state index contributed by atoms with van der Waals surface area (Å²) in [6.07, 6.45) is 1.01. The van der Waals surface area contributed by atoms with Gasteiger partial charge in [0.1, 0.15) is 23.4 Å². The van der Waals surface area contributed by atoms with Crippen molar-refractivity contribution in [2.45, 2.75) is 19.4 Å². The monoisotopic (exact) mass is 380 g/mol. The zero-order valence-electron chi connectivity index (χ0n) is 15.8. The second-order valence-corrected chi connectivity index (χ2v) is 6.55. The molecule has 28 heavy (non-hydrogen) atoms. The molecule has 3 aromatic rings. The Hall–Kier alpha value is -3.48. The second kappa shape index (κ2) is 7.26. The van der Waals surface area contributed by atoms with E-state index in [1.807, 2.05) is 25.1 Å². The number of benzene rings is 2. The average molecular weight is 380 g/mol. The van der Waals surface area contributed by atoms with Crippen LogP contribution in [0.15, 0.2) is 47.0 Å². The first kappa shape index (κ1) is 17.9. The summed E-state index contributed by atoms with van der Waals surface area (Å²) in [6, 6.07) is 12.6. The van der Waals surface area contributed by atoms with Gasteiger partial charge in [-0.05, 0) is 42.8 Å². The van der Waals surface area contributed by atoms with Crippen molar-refractivity contribution in [3.05, 3.63) is 53.7 Å². The number of carbonyl (C=O) groups is 1. The summed E-state index contributed by atoms with van der Waals surface area (Å²) < 4.78 is 21.6. The van der Waals surface area contributed by atoms with E-state index in [-0.39, 0.29) is 11.8 Å². The zero-order chi connectivity index (χ0) is 19.7. The molecule has 0 saturated heterocycles. The number of amides is 1. The highest BCUT2D eigenvalue weighted by atomic mass is 16.5. The van der Waals surface area contributed by atoms with Gasteiger partial charge in [-0.25, -0.2) is 0 Å². The maximum Gasteiger partial charge on any atom is 0.277 e. The van der Waals surface area contributed by atoms with Gasteiger partial charge in [0.05, 0.1) is 19.9 Å². The van der Waals surface area contributed by atoms with Crippen LogP contribution in [0.5, 0.6) is 17.2 Å². The molecule has 1 amide bonds. The number of carbonyl (C=O) groups excluding carboxylic acids is 1. The summed E-state index contributed by atoms with van der Waals surface area (Å²) in [4.78, 5) is 12.6. The van der Waals surface area contributed by atoms with Crippen molar-refractivity contribution in [1.82, 2.24) is 5.16 Å². The summed E-state index contributed by atoms with van der Waals surface area (Å²) in [6.45, 7) is 2.03. The normalized spacial score (nSPS) is 14.9. The first-order chi connectivity index (χ1) is 13.6. The highest BCUT2D eigenvalue weighted by molar-refractivity contribution is 6.04. The van der Waals surface area contributed by atoms with E-state index in [1.165, 1.54) is 7.11 Å². The van der Waals surface area contributed by atoms with Crippen LogP contribution in [-0.2, 0) is 6.42 Å². The molecule has 1 N–H and O–H groups in total. The van der Waals surface area contributed by atoms with Gasteiger partial charge in [-0.2, -0.15) is 0 Å². The van der Waals surface area contributed by atoms with Crippen molar-refractivity contribution in [3.8, 4) is 28.6 Å². The van der Waals surface area contributed by atoms with Gasteiger partial charge < -0.3 is 24.1 Å². The van der Waals surface area contributed by atoms with E-state index < -0.39 is 5.91 Å². The lowest BCUT2D eigenvalue weighted by atomic mass is 10.1. The highest BCUT2D eigenvalue weighted by Crippen LogP contribution is 2.33. The largest absolute Gasteiger partial charge is 0.497 e. The lowest BCUT2D eigenvalue weighted by Gasteiger charge is -2.10. The fourth-order valence-corrected chi connectivity index (χ4v) is 3.19. The Morgan fingerprint density at radius 3 is 2.79 bits per heavy atom. The summed E-state index contributed by atoms with van der Waals surface area (Å²) in [7, 11) is 3.09. The molecule has 0 radical (unpaired) electrons. The van der Waals surface area contributed by atoms with E-state index in [4.69, 9.17) is 18.7 Å². The molecular formula is C21H20N2O5. The SMILES string of the molecule is COc1ccc(OC)c(NC(=O)c2cc(-c3ccc4c(c3)C[C@@H](C)O4)on2)c1. The second-order valence-electron chi connectivity index (χ2n) is 6.55. The maximum absolute atomic E-state index is 12.6. The van der Waals surface area contributed by atoms with Crippen molar-refractivity contribution in [2.75, 3.05) is 19.5 Å². The van der Waals surface area contributed by atoms with Crippen LogP contribution in [0, 0.1) is 0 Å². The third-order valence-electron chi connectivity index (χ3n) is 4.58. The minimum atomic E-state index is -0.403. The van der Waals surface area contributed by atoms with Crippen LogP contribution in [0.1, 0.15) is 23.0 Å². The number of fused-ring (bicyclic) bond motifs is 1. The Kier molecular flexibility index (Phi) is 4.65. The molecule has 0 bridgehead atoms. The quantitative estimate of drug-likeness (QED) is 0.722. The van der Waals surface area contributed by atoms with E-state index in [1.54, 1.807) is 31.4 Å². The first-order valence-electron chi connectivity index (χ1n) is 8.87. The van der Waals surface area contributed by atoms with E-state index in [0.29, 0.717) is 22.9 Å². The zero-order valence-corrected chi connectivity index (χ0v) is 15.8. The van der Waals surface area contributed by atoms with Crippen molar-refractivity contribution in [1.29, 1.82) is 0 Å². The van der Waals surface area contributed by atoms with E-state index in [0.717, 1.165) is 23.3 Å². The third kappa shape index (κ3) is 3.38. The summed E-state index contributed by atoms with van der Waals surface area (Å²) in [5, 5.41) is 6.68. The van der Waals surface area contributed by atoms with Gasteiger partial charge in [-0.1, -0.05) is 5.16 Å². The molecule has 0 aliphatic carbocycles. The predicted octanol–water partition coefficient (Wildman–Crippen LogP) is 3.93. The Morgan fingerprint density at radius 1 is 1.14 bits per heavy atom. The lowest BCUT2D eigenvalue weighted by Crippen LogP contribution is -2.13. The fraction of sp³-hybridized carbons (Fsp3) is 0.238. The molecular weight excluding hydrogens is 360 g/mol. The molecule has 2 heterocycles. The number of methoxy groups -OCH3 is 2. The first-order valence-corrected chi connectivity index (χ1v) is 8.87. The Morgan fingerprint density at radius 2 is 2.00 bits per heavy atom. The number of rotatable bonds is 5. The maximum atomic E-state index is 12.6. The van der Waals surface area contributed by atoms with Crippen molar-refractivity contribution in [3.63, 3.8) is 0 Å². The number of aromatic nitrogens is 1. The minimum Gasteiger partial charge on any atom is -0.497 e. The molecule has 144 valence electrons. The van der Waals surface area contributed by atoms with Crippen LogP contribution in [0.3, 0.4) is 0 Å².